The van der Waals surface area contributed by atoms with Crippen molar-refractivity contribution in [3.05, 3.63) is 0 Å². The Morgan fingerprint density at radius 1 is 1.29 bits per heavy atom. The molecule has 2 heteroatoms. The molecule has 2 rings (SSSR count). The highest BCUT2D eigenvalue weighted by atomic mass is 16.3. The largest absolute Gasteiger partial charge is 0.392 e. The third-order valence-corrected chi connectivity index (χ3v) is 4.04. The summed E-state index contributed by atoms with van der Waals surface area (Å²) in [7, 11) is 0. The van der Waals surface area contributed by atoms with E-state index >= 15 is 0 Å². The molecule has 1 saturated carbocycles. The van der Waals surface area contributed by atoms with E-state index in [1.54, 1.807) is 0 Å². The summed E-state index contributed by atoms with van der Waals surface area (Å²) in [6, 6.07) is 0.783. The minimum absolute atomic E-state index is 0.0444. The molecule has 2 nitrogen and oxygen atoms in total. The van der Waals surface area contributed by atoms with Crippen molar-refractivity contribution in [1.29, 1.82) is 0 Å². The number of aliphatic hydroxyl groups is 1. The molecular formula is C12H23NO. The minimum atomic E-state index is -0.0444. The maximum atomic E-state index is 9.51. The molecular weight excluding hydrogens is 174 g/mol. The predicted molar refractivity (Wildman–Crippen MR) is 58.2 cm³/mol. The highest BCUT2D eigenvalue weighted by Crippen LogP contribution is 2.31. The van der Waals surface area contributed by atoms with E-state index in [2.05, 4.69) is 11.8 Å². The Kier molecular flexibility index (Phi) is 3.45. The van der Waals surface area contributed by atoms with Gasteiger partial charge in [0.1, 0.15) is 0 Å². The highest BCUT2D eigenvalue weighted by molar-refractivity contribution is 4.85. The lowest BCUT2D eigenvalue weighted by Gasteiger charge is -2.34. The third kappa shape index (κ3) is 2.29. The number of aliphatic hydroxyl groups excluding tert-OH is 1. The molecule has 3 unspecified atom stereocenters. The van der Waals surface area contributed by atoms with Crippen molar-refractivity contribution in [2.45, 2.75) is 57.6 Å². The van der Waals surface area contributed by atoms with Crippen LogP contribution in [0, 0.1) is 5.92 Å². The molecule has 0 amide bonds. The first-order valence-electron chi connectivity index (χ1n) is 6.21. The number of β-amino-alcohol motifs (C(OH)–C–C–N with tert-alkyl or cyclic N) is 1. The molecule has 0 aromatic heterocycles. The molecule has 0 radical (unpaired) electrons. The molecule has 1 heterocycles. The van der Waals surface area contributed by atoms with Crippen LogP contribution in [0.3, 0.4) is 0 Å². The number of nitrogens with zero attached hydrogens (tertiary/aromatic N) is 1. The molecule has 3 atom stereocenters. The molecule has 1 saturated heterocycles. The Labute approximate surface area is 87.3 Å². The van der Waals surface area contributed by atoms with Gasteiger partial charge in [-0.05, 0) is 25.2 Å². The van der Waals surface area contributed by atoms with E-state index in [0.717, 1.165) is 31.5 Å². The van der Waals surface area contributed by atoms with Crippen LogP contribution in [0.15, 0.2) is 0 Å². The average Bonchev–Trinajstić information content (AvgIpc) is 2.65. The standard InChI is InChI=1S/C12H23NO/c1-2-10-4-3-5-11(8-10)13-7-6-12(14)9-13/h10-12,14H,2-9H2,1H3. The van der Waals surface area contributed by atoms with Crippen LogP contribution >= 0.6 is 0 Å². The monoisotopic (exact) mass is 197 g/mol. The second kappa shape index (κ2) is 4.63. The zero-order chi connectivity index (χ0) is 9.97. The fourth-order valence-electron chi connectivity index (χ4n) is 3.06. The Morgan fingerprint density at radius 2 is 2.14 bits per heavy atom. The van der Waals surface area contributed by atoms with Gasteiger partial charge in [0.05, 0.1) is 6.10 Å². The van der Waals surface area contributed by atoms with Gasteiger partial charge < -0.3 is 5.11 Å². The number of hydrogen-bond acceptors (Lipinski definition) is 2. The van der Waals surface area contributed by atoms with E-state index in [4.69, 9.17) is 0 Å². The fraction of sp³-hybridized carbons (Fsp3) is 1.00. The first-order valence-corrected chi connectivity index (χ1v) is 6.21. The SMILES string of the molecule is CCC1CCCC(N2CCC(O)C2)C1. The quantitative estimate of drug-likeness (QED) is 0.732. The van der Waals surface area contributed by atoms with Crippen molar-refractivity contribution in [2.24, 2.45) is 5.92 Å². The van der Waals surface area contributed by atoms with Gasteiger partial charge in [-0.3, -0.25) is 4.90 Å². The third-order valence-electron chi connectivity index (χ3n) is 4.04. The van der Waals surface area contributed by atoms with E-state index in [-0.39, 0.29) is 6.10 Å². The van der Waals surface area contributed by atoms with Crippen LogP contribution in [-0.4, -0.2) is 35.2 Å². The zero-order valence-electron chi connectivity index (χ0n) is 9.28. The molecule has 1 N–H and O–H groups in total. The van der Waals surface area contributed by atoms with Gasteiger partial charge >= 0.3 is 0 Å². The van der Waals surface area contributed by atoms with Crippen molar-refractivity contribution >= 4 is 0 Å². The van der Waals surface area contributed by atoms with E-state index in [1.165, 1.54) is 32.1 Å². The number of rotatable bonds is 2. The van der Waals surface area contributed by atoms with E-state index in [9.17, 15) is 5.11 Å². The molecule has 14 heavy (non-hydrogen) atoms. The summed E-state index contributed by atoms with van der Waals surface area (Å²) >= 11 is 0. The van der Waals surface area contributed by atoms with Crippen LogP contribution in [0.25, 0.3) is 0 Å². The minimum Gasteiger partial charge on any atom is -0.392 e. The molecule has 1 aliphatic carbocycles. The molecule has 1 aliphatic heterocycles. The lowest BCUT2D eigenvalue weighted by Crippen LogP contribution is -2.37. The molecule has 0 bridgehead atoms. The summed E-state index contributed by atoms with van der Waals surface area (Å²) in [5.41, 5.74) is 0. The smallest absolute Gasteiger partial charge is 0.0679 e. The summed E-state index contributed by atoms with van der Waals surface area (Å²) in [5.74, 6) is 0.950. The summed E-state index contributed by atoms with van der Waals surface area (Å²) in [6.07, 6.45) is 7.86. The molecule has 0 aromatic rings. The number of hydrogen-bond donors (Lipinski definition) is 1. The van der Waals surface area contributed by atoms with Gasteiger partial charge in [0.15, 0.2) is 0 Å². The first kappa shape index (κ1) is 10.4. The lowest BCUT2D eigenvalue weighted by atomic mass is 9.83. The Morgan fingerprint density at radius 3 is 2.79 bits per heavy atom. The molecule has 82 valence electrons. The highest BCUT2D eigenvalue weighted by Gasteiger charge is 2.30. The van der Waals surface area contributed by atoms with Crippen LogP contribution < -0.4 is 0 Å². The van der Waals surface area contributed by atoms with Crippen molar-refractivity contribution in [2.75, 3.05) is 13.1 Å². The Balaban J connectivity index is 1.84. The van der Waals surface area contributed by atoms with Crippen molar-refractivity contribution in [3.8, 4) is 0 Å². The van der Waals surface area contributed by atoms with Gasteiger partial charge in [-0.2, -0.15) is 0 Å². The van der Waals surface area contributed by atoms with Gasteiger partial charge in [0.2, 0.25) is 0 Å². The summed E-state index contributed by atoms with van der Waals surface area (Å²) in [5, 5.41) is 9.51. The van der Waals surface area contributed by atoms with Crippen LogP contribution in [0.1, 0.15) is 45.4 Å². The van der Waals surface area contributed by atoms with Crippen LogP contribution in [0.2, 0.25) is 0 Å². The maximum absolute atomic E-state index is 9.51. The Bertz CT molecular complexity index is 183. The van der Waals surface area contributed by atoms with E-state index in [1.807, 2.05) is 0 Å². The fourth-order valence-corrected chi connectivity index (χ4v) is 3.06. The van der Waals surface area contributed by atoms with E-state index < -0.39 is 0 Å². The van der Waals surface area contributed by atoms with Crippen molar-refractivity contribution in [1.82, 2.24) is 4.90 Å². The Hall–Kier alpha value is -0.0800. The summed E-state index contributed by atoms with van der Waals surface area (Å²) in [6.45, 7) is 4.37. The lowest BCUT2D eigenvalue weighted by molar-refractivity contribution is 0.125. The van der Waals surface area contributed by atoms with Gasteiger partial charge in [0.25, 0.3) is 0 Å². The van der Waals surface area contributed by atoms with Crippen LogP contribution in [0.4, 0.5) is 0 Å². The van der Waals surface area contributed by atoms with Gasteiger partial charge in [-0.1, -0.05) is 26.2 Å². The predicted octanol–water partition coefficient (Wildman–Crippen LogP) is 2.02. The molecule has 0 spiro atoms. The molecule has 0 aromatic carbocycles. The van der Waals surface area contributed by atoms with Crippen LogP contribution in [-0.2, 0) is 0 Å². The summed E-state index contributed by atoms with van der Waals surface area (Å²) < 4.78 is 0. The second-order valence-corrected chi connectivity index (χ2v) is 5.03. The normalized spacial score (nSPS) is 40.3. The second-order valence-electron chi connectivity index (χ2n) is 5.03. The van der Waals surface area contributed by atoms with E-state index in [0.29, 0.717) is 0 Å². The van der Waals surface area contributed by atoms with Crippen molar-refractivity contribution < 1.29 is 5.11 Å². The number of likely N-dealkylation sites (tertiary alicyclic amines) is 1. The molecule has 2 fully saturated rings. The van der Waals surface area contributed by atoms with Crippen molar-refractivity contribution in [3.63, 3.8) is 0 Å². The average molecular weight is 197 g/mol. The van der Waals surface area contributed by atoms with Crippen LogP contribution in [0.5, 0.6) is 0 Å². The van der Waals surface area contributed by atoms with Gasteiger partial charge in [-0.15, -0.1) is 0 Å². The maximum Gasteiger partial charge on any atom is 0.0679 e. The van der Waals surface area contributed by atoms with Gasteiger partial charge in [0, 0.05) is 19.1 Å². The van der Waals surface area contributed by atoms with Gasteiger partial charge in [-0.25, -0.2) is 0 Å². The zero-order valence-corrected chi connectivity index (χ0v) is 9.28. The molecule has 2 aliphatic rings. The first-order chi connectivity index (χ1) is 6.79. The topological polar surface area (TPSA) is 23.5 Å². The summed E-state index contributed by atoms with van der Waals surface area (Å²) in [4.78, 5) is 2.52.